The molecule has 0 aliphatic heterocycles. The summed E-state index contributed by atoms with van der Waals surface area (Å²) in [5.41, 5.74) is 2.88. The van der Waals surface area contributed by atoms with Gasteiger partial charge in [-0.05, 0) is 54.8 Å². The number of carbonyl (C=O) groups excluding carboxylic acids is 1. The first-order valence-corrected chi connectivity index (χ1v) is 9.76. The van der Waals surface area contributed by atoms with Gasteiger partial charge in [0, 0.05) is 19.5 Å². The average Bonchev–Trinajstić information content (AvgIpc) is 2.62. The predicted molar refractivity (Wildman–Crippen MR) is 101 cm³/mol. The van der Waals surface area contributed by atoms with Crippen molar-refractivity contribution >= 4 is 15.9 Å². The van der Waals surface area contributed by atoms with Gasteiger partial charge in [0.25, 0.3) is 0 Å². The molecule has 26 heavy (non-hydrogen) atoms. The minimum Gasteiger partial charge on any atom is -0.497 e. The summed E-state index contributed by atoms with van der Waals surface area (Å²) in [4.78, 5) is 12.1. The van der Waals surface area contributed by atoms with Crippen molar-refractivity contribution in [2.45, 2.75) is 31.7 Å². The van der Waals surface area contributed by atoms with Gasteiger partial charge in [0.05, 0.1) is 12.0 Å². The van der Waals surface area contributed by atoms with Gasteiger partial charge in [-0.3, -0.25) is 4.79 Å². The Hall–Kier alpha value is -2.38. The summed E-state index contributed by atoms with van der Waals surface area (Å²) in [6.45, 7) is 4.21. The molecule has 0 radical (unpaired) electrons. The van der Waals surface area contributed by atoms with E-state index in [9.17, 15) is 13.2 Å². The van der Waals surface area contributed by atoms with E-state index >= 15 is 0 Å². The number of aryl methyl sites for hydroxylation is 2. The molecule has 2 N–H and O–H groups in total. The van der Waals surface area contributed by atoms with E-state index in [1.165, 1.54) is 0 Å². The summed E-state index contributed by atoms with van der Waals surface area (Å²) in [7, 11) is -2.02. The molecule has 0 bridgehead atoms. The number of nitrogens with one attached hydrogen (secondary N) is 2. The molecule has 0 aliphatic carbocycles. The summed E-state index contributed by atoms with van der Waals surface area (Å²) in [5.74, 6) is 0.532. The quantitative estimate of drug-likeness (QED) is 0.740. The Kier molecular flexibility index (Phi) is 6.76. The summed E-state index contributed by atoms with van der Waals surface area (Å²) >= 11 is 0. The maximum atomic E-state index is 12.3. The second-order valence-electron chi connectivity index (χ2n) is 6.02. The normalized spacial score (nSPS) is 11.2. The number of methoxy groups -OCH3 is 1. The molecule has 0 aromatic heterocycles. The van der Waals surface area contributed by atoms with Gasteiger partial charge in [0.1, 0.15) is 5.75 Å². The van der Waals surface area contributed by atoms with E-state index in [1.807, 2.05) is 38.1 Å². The Morgan fingerprint density at radius 2 is 1.73 bits per heavy atom. The van der Waals surface area contributed by atoms with Crippen molar-refractivity contribution < 1.29 is 17.9 Å². The lowest BCUT2D eigenvalue weighted by Crippen LogP contribution is -2.30. The summed E-state index contributed by atoms with van der Waals surface area (Å²) in [6, 6.07) is 12.3. The second kappa shape index (κ2) is 8.82. The lowest BCUT2D eigenvalue weighted by atomic mass is 10.1. The molecule has 2 rings (SSSR count). The Balaban J connectivity index is 1.80. The first-order chi connectivity index (χ1) is 12.3. The molecular formula is C19H24N2O4S. The number of hydrogen-bond acceptors (Lipinski definition) is 4. The summed E-state index contributed by atoms with van der Waals surface area (Å²) in [5, 5.41) is 2.76. The van der Waals surface area contributed by atoms with Crippen LogP contribution in [0, 0.1) is 13.8 Å². The lowest BCUT2D eigenvalue weighted by Gasteiger charge is -2.09. The molecule has 1 amide bonds. The summed E-state index contributed by atoms with van der Waals surface area (Å²) in [6.07, 6.45) is 0.0697. The molecule has 2 aromatic carbocycles. The molecule has 0 fully saturated rings. The number of rotatable bonds is 8. The summed E-state index contributed by atoms with van der Waals surface area (Å²) < 4.78 is 32.1. The molecule has 7 heteroatoms. The first kappa shape index (κ1) is 19.9. The molecule has 2 aromatic rings. The van der Waals surface area contributed by atoms with Crippen LogP contribution >= 0.6 is 0 Å². The third-order valence-corrected chi connectivity index (χ3v) is 5.54. The van der Waals surface area contributed by atoms with Crippen LogP contribution in [0.5, 0.6) is 5.75 Å². The number of hydrogen-bond donors (Lipinski definition) is 2. The van der Waals surface area contributed by atoms with Crippen molar-refractivity contribution in [1.82, 2.24) is 10.0 Å². The molecule has 0 saturated heterocycles. The SMILES string of the molecule is COc1ccc(CNC(=O)CCNS(=O)(=O)c2ccc(C)c(C)c2)cc1. The highest BCUT2D eigenvalue weighted by atomic mass is 32.2. The van der Waals surface area contributed by atoms with E-state index in [2.05, 4.69) is 10.0 Å². The molecular weight excluding hydrogens is 352 g/mol. The third kappa shape index (κ3) is 5.57. The Bertz CT molecular complexity index is 862. The van der Waals surface area contributed by atoms with E-state index in [0.29, 0.717) is 6.54 Å². The van der Waals surface area contributed by atoms with Crippen LogP contribution in [0.1, 0.15) is 23.1 Å². The van der Waals surface area contributed by atoms with Crippen molar-refractivity contribution in [1.29, 1.82) is 0 Å². The zero-order valence-electron chi connectivity index (χ0n) is 15.2. The van der Waals surface area contributed by atoms with Crippen molar-refractivity contribution in [2.75, 3.05) is 13.7 Å². The maximum absolute atomic E-state index is 12.3. The molecule has 0 atom stereocenters. The molecule has 6 nitrogen and oxygen atoms in total. The zero-order valence-corrected chi connectivity index (χ0v) is 16.0. The molecule has 0 saturated carbocycles. The van der Waals surface area contributed by atoms with Crippen LogP contribution in [0.3, 0.4) is 0 Å². The van der Waals surface area contributed by atoms with Gasteiger partial charge in [-0.1, -0.05) is 18.2 Å². The minimum absolute atomic E-state index is 0.0453. The third-order valence-electron chi connectivity index (χ3n) is 4.08. The highest BCUT2D eigenvalue weighted by Crippen LogP contribution is 2.14. The van der Waals surface area contributed by atoms with Crippen LogP contribution in [0.4, 0.5) is 0 Å². The highest BCUT2D eigenvalue weighted by molar-refractivity contribution is 7.89. The second-order valence-corrected chi connectivity index (χ2v) is 7.79. The van der Waals surface area contributed by atoms with Gasteiger partial charge in [-0.25, -0.2) is 13.1 Å². The van der Waals surface area contributed by atoms with Crippen molar-refractivity contribution in [2.24, 2.45) is 0 Å². The Morgan fingerprint density at radius 1 is 1.04 bits per heavy atom. The van der Waals surface area contributed by atoms with E-state index in [-0.39, 0.29) is 23.8 Å². The van der Waals surface area contributed by atoms with E-state index < -0.39 is 10.0 Å². The van der Waals surface area contributed by atoms with Crippen LogP contribution in [0.15, 0.2) is 47.4 Å². The first-order valence-electron chi connectivity index (χ1n) is 8.28. The van der Waals surface area contributed by atoms with Gasteiger partial charge in [0.15, 0.2) is 0 Å². The van der Waals surface area contributed by atoms with E-state index in [4.69, 9.17) is 4.74 Å². The molecule has 0 aliphatic rings. The largest absolute Gasteiger partial charge is 0.497 e. The fraction of sp³-hybridized carbons (Fsp3) is 0.316. The van der Waals surface area contributed by atoms with Gasteiger partial charge < -0.3 is 10.1 Å². The number of amides is 1. The zero-order chi connectivity index (χ0) is 19.2. The standard InChI is InChI=1S/C19H24N2O4S/c1-14-4-9-18(12-15(14)2)26(23,24)21-11-10-19(22)20-13-16-5-7-17(25-3)8-6-16/h4-9,12,21H,10-11,13H2,1-3H3,(H,20,22). The topological polar surface area (TPSA) is 84.5 Å². The van der Waals surface area contributed by atoms with Crippen molar-refractivity contribution in [3.05, 3.63) is 59.2 Å². The number of sulfonamides is 1. The average molecular weight is 376 g/mol. The minimum atomic E-state index is -3.61. The molecule has 0 spiro atoms. The molecule has 0 unspecified atom stereocenters. The fourth-order valence-corrected chi connectivity index (χ4v) is 3.41. The highest BCUT2D eigenvalue weighted by Gasteiger charge is 2.14. The van der Waals surface area contributed by atoms with Crippen LogP contribution < -0.4 is 14.8 Å². The smallest absolute Gasteiger partial charge is 0.240 e. The van der Waals surface area contributed by atoms with Gasteiger partial charge in [0.2, 0.25) is 15.9 Å². The number of ether oxygens (including phenoxy) is 1. The van der Waals surface area contributed by atoms with Gasteiger partial charge in [-0.15, -0.1) is 0 Å². The van der Waals surface area contributed by atoms with Crippen molar-refractivity contribution in [3.63, 3.8) is 0 Å². The van der Waals surface area contributed by atoms with Crippen molar-refractivity contribution in [3.8, 4) is 5.75 Å². The van der Waals surface area contributed by atoms with E-state index in [1.54, 1.807) is 25.3 Å². The predicted octanol–water partition coefficient (Wildman–Crippen LogP) is 2.30. The maximum Gasteiger partial charge on any atom is 0.240 e. The van der Waals surface area contributed by atoms with E-state index in [0.717, 1.165) is 22.4 Å². The van der Waals surface area contributed by atoms with Gasteiger partial charge >= 0.3 is 0 Å². The molecule has 140 valence electrons. The number of carbonyl (C=O) groups is 1. The Labute approximate surface area is 154 Å². The lowest BCUT2D eigenvalue weighted by molar-refractivity contribution is -0.121. The number of benzene rings is 2. The van der Waals surface area contributed by atoms with Crippen LogP contribution in [0.25, 0.3) is 0 Å². The van der Waals surface area contributed by atoms with Crippen LogP contribution in [-0.2, 0) is 21.4 Å². The van der Waals surface area contributed by atoms with Crippen LogP contribution in [0.2, 0.25) is 0 Å². The Morgan fingerprint density at radius 3 is 2.35 bits per heavy atom. The van der Waals surface area contributed by atoms with Gasteiger partial charge in [-0.2, -0.15) is 0 Å². The molecule has 0 heterocycles. The monoisotopic (exact) mass is 376 g/mol. The fourth-order valence-electron chi connectivity index (χ4n) is 2.30. The van der Waals surface area contributed by atoms with Crippen LogP contribution in [-0.4, -0.2) is 28.0 Å².